The van der Waals surface area contributed by atoms with Gasteiger partial charge in [-0.15, -0.1) is 0 Å². The first kappa shape index (κ1) is 28.9. The number of pyridine rings is 1. The average Bonchev–Trinajstić information content (AvgIpc) is 2.97. The molecule has 1 saturated heterocycles. The van der Waals surface area contributed by atoms with Crippen LogP contribution in [0.1, 0.15) is 12.0 Å². The fourth-order valence-corrected chi connectivity index (χ4v) is 5.79. The van der Waals surface area contributed by atoms with Crippen molar-refractivity contribution in [3.05, 3.63) is 62.5 Å². The number of nitrogens with one attached hydrogen (secondary N) is 2. The molecule has 216 valence electrons. The van der Waals surface area contributed by atoms with Crippen molar-refractivity contribution >= 4 is 51.6 Å². The van der Waals surface area contributed by atoms with Gasteiger partial charge in [0.05, 0.1) is 41.2 Å². The van der Waals surface area contributed by atoms with Crippen LogP contribution < -0.4 is 31.4 Å². The summed E-state index contributed by atoms with van der Waals surface area (Å²) >= 11 is 13.5. The number of nitrogens with two attached hydrogens (primary N) is 1. The number of benzene rings is 2. The molecule has 12 heteroatoms. The Labute approximate surface area is 248 Å². The Morgan fingerprint density at radius 2 is 1.78 bits per heavy atom. The summed E-state index contributed by atoms with van der Waals surface area (Å²) in [7, 11) is 2.99. The highest BCUT2D eigenvalue weighted by atomic mass is 35.5. The van der Waals surface area contributed by atoms with E-state index in [0.29, 0.717) is 51.8 Å². The summed E-state index contributed by atoms with van der Waals surface area (Å²) in [6.45, 7) is 7.09. The molecule has 0 bridgehead atoms. The summed E-state index contributed by atoms with van der Waals surface area (Å²) in [5.41, 5.74) is 9.31. The minimum absolute atomic E-state index is 0.219. The largest absolute Gasteiger partial charge is 0.495 e. The monoisotopic (exact) mass is 597 g/mol. The zero-order valence-electron chi connectivity index (χ0n) is 23.3. The lowest BCUT2D eigenvalue weighted by molar-refractivity contribution is 0.234. The lowest BCUT2D eigenvalue weighted by Crippen LogP contribution is -2.44. The van der Waals surface area contributed by atoms with E-state index in [1.54, 1.807) is 22.9 Å². The van der Waals surface area contributed by atoms with E-state index in [0.717, 1.165) is 50.4 Å². The van der Waals surface area contributed by atoms with E-state index in [9.17, 15) is 4.79 Å². The molecule has 0 amide bonds. The first-order valence-corrected chi connectivity index (χ1v) is 14.1. The Morgan fingerprint density at radius 3 is 2.44 bits per heavy atom. The van der Waals surface area contributed by atoms with Gasteiger partial charge in [0.15, 0.2) is 0 Å². The van der Waals surface area contributed by atoms with Gasteiger partial charge in [0, 0.05) is 55.9 Å². The second-order valence-electron chi connectivity index (χ2n) is 9.88. The molecule has 3 heterocycles. The third kappa shape index (κ3) is 5.92. The molecule has 1 aliphatic rings. The number of hydrogen-bond acceptors (Lipinski definition) is 9. The second kappa shape index (κ2) is 12.5. The van der Waals surface area contributed by atoms with Crippen LogP contribution in [0.4, 0.5) is 17.3 Å². The van der Waals surface area contributed by atoms with Crippen LogP contribution in [0.5, 0.6) is 11.5 Å². The van der Waals surface area contributed by atoms with Gasteiger partial charge in [-0.25, -0.2) is 4.98 Å². The first-order chi connectivity index (χ1) is 19.8. The minimum atomic E-state index is -0.281. The normalized spacial score (nSPS) is 13.9. The fourth-order valence-electron chi connectivity index (χ4n) is 5.09. The molecule has 41 heavy (non-hydrogen) atoms. The third-order valence-corrected chi connectivity index (χ3v) is 8.03. The van der Waals surface area contributed by atoms with Crippen molar-refractivity contribution in [2.45, 2.75) is 19.9 Å². The number of para-hydroxylation sites is 1. The third-order valence-electron chi connectivity index (χ3n) is 7.28. The summed E-state index contributed by atoms with van der Waals surface area (Å²) in [5.74, 6) is 1.03. The number of halogens is 2. The Kier molecular flexibility index (Phi) is 8.84. The van der Waals surface area contributed by atoms with Crippen LogP contribution in [-0.4, -0.2) is 66.4 Å². The molecule has 0 aliphatic carbocycles. The number of methoxy groups -OCH3 is 2. The molecular formula is C29H33Cl2N7O3. The Bertz CT molecular complexity index is 1590. The van der Waals surface area contributed by atoms with Gasteiger partial charge in [-0.2, -0.15) is 4.98 Å². The van der Waals surface area contributed by atoms with Crippen molar-refractivity contribution in [1.29, 1.82) is 0 Å². The zero-order valence-corrected chi connectivity index (χ0v) is 24.8. The molecule has 5 rings (SSSR count). The van der Waals surface area contributed by atoms with Gasteiger partial charge in [0.1, 0.15) is 17.1 Å². The van der Waals surface area contributed by atoms with Crippen molar-refractivity contribution in [2.24, 2.45) is 0 Å². The molecular weight excluding hydrogens is 565 g/mol. The number of rotatable bonds is 9. The van der Waals surface area contributed by atoms with Gasteiger partial charge in [0.25, 0.3) is 5.56 Å². The van der Waals surface area contributed by atoms with Crippen LogP contribution in [0, 0.1) is 6.92 Å². The maximum atomic E-state index is 14.2. The van der Waals surface area contributed by atoms with Crippen LogP contribution >= 0.6 is 23.2 Å². The molecule has 0 unspecified atom stereocenters. The minimum Gasteiger partial charge on any atom is -0.495 e. The summed E-state index contributed by atoms with van der Waals surface area (Å²) < 4.78 is 12.6. The van der Waals surface area contributed by atoms with E-state index < -0.39 is 0 Å². The summed E-state index contributed by atoms with van der Waals surface area (Å²) in [6.07, 6.45) is 2.42. The summed E-state index contributed by atoms with van der Waals surface area (Å²) in [5, 5.41) is 7.69. The summed E-state index contributed by atoms with van der Waals surface area (Å²) in [4.78, 5) is 25.9. The van der Waals surface area contributed by atoms with E-state index >= 15 is 0 Å². The average molecular weight is 599 g/mol. The topological polar surface area (TPSA) is 120 Å². The Balaban J connectivity index is 1.63. The van der Waals surface area contributed by atoms with Crippen molar-refractivity contribution in [1.82, 2.24) is 24.8 Å². The standard InChI is InChI=1S/C29H33Cl2N7O3/c1-17-6-4-7-20(32)26(17)35-29-34-16-18-14-19(23-24(30)21(40-2)15-22(41-3)25(23)31)28(39)38(27(18)36-29)11-5-10-37-12-8-33-9-13-37/h4,6-7,14-16,33H,5,8-13,32H2,1-3H3,(H,34,35,36). The molecule has 10 nitrogen and oxygen atoms in total. The van der Waals surface area contributed by atoms with E-state index in [2.05, 4.69) is 20.5 Å². The lowest BCUT2D eigenvalue weighted by Gasteiger charge is -2.27. The highest BCUT2D eigenvalue weighted by Crippen LogP contribution is 2.45. The number of anilines is 3. The van der Waals surface area contributed by atoms with Gasteiger partial charge in [-0.1, -0.05) is 35.3 Å². The SMILES string of the molecule is COc1cc(OC)c(Cl)c(-c2cc3cnc(Nc4c(C)cccc4N)nc3n(CCCN3CCNCC3)c2=O)c1Cl. The van der Waals surface area contributed by atoms with Gasteiger partial charge in [-0.3, -0.25) is 9.36 Å². The van der Waals surface area contributed by atoms with E-state index in [1.807, 2.05) is 25.1 Å². The Morgan fingerprint density at radius 1 is 1.07 bits per heavy atom. The maximum absolute atomic E-state index is 14.2. The molecule has 2 aromatic carbocycles. The van der Waals surface area contributed by atoms with Crippen LogP contribution in [0.2, 0.25) is 10.0 Å². The smallest absolute Gasteiger partial charge is 0.260 e. The fraction of sp³-hybridized carbons (Fsp3) is 0.345. The predicted molar refractivity (Wildman–Crippen MR) is 165 cm³/mol. The van der Waals surface area contributed by atoms with Crippen molar-refractivity contribution in [3.8, 4) is 22.6 Å². The molecule has 0 saturated carbocycles. The molecule has 1 fully saturated rings. The molecule has 0 spiro atoms. The predicted octanol–water partition coefficient (Wildman–Crippen LogP) is 4.71. The number of ether oxygens (including phenoxy) is 2. The van der Waals surface area contributed by atoms with E-state index in [-0.39, 0.29) is 15.6 Å². The van der Waals surface area contributed by atoms with Gasteiger partial charge < -0.3 is 30.7 Å². The van der Waals surface area contributed by atoms with Crippen LogP contribution in [0.3, 0.4) is 0 Å². The number of piperazine rings is 1. The van der Waals surface area contributed by atoms with E-state index in [1.165, 1.54) is 14.2 Å². The van der Waals surface area contributed by atoms with Crippen LogP contribution in [0.25, 0.3) is 22.2 Å². The highest BCUT2D eigenvalue weighted by Gasteiger charge is 2.23. The number of fused-ring (bicyclic) bond motifs is 1. The van der Waals surface area contributed by atoms with Gasteiger partial charge in [0.2, 0.25) is 5.95 Å². The molecule has 0 radical (unpaired) electrons. The molecule has 0 atom stereocenters. The van der Waals surface area contributed by atoms with Gasteiger partial charge >= 0.3 is 0 Å². The number of aromatic nitrogens is 3. The summed E-state index contributed by atoms with van der Waals surface area (Å²) in [6, 6.07) is 8.96. The maximum Gasteiger partial charge on any atom is 0.260 e. The molecule has 4 N–H and O–H groups in total. The quantitative estimate of drug-likeness (QED) is 0.235. The lowest BCUT2D eigenvalue weighted by atomic mass is 10.0. The van der Waals surface area contributed by atoms with Gasteiger partial charge in [-0.05, 0) is 37.6 Å². The Hall–Kier alpha value is -3.57. The zero-order chi connectivity index (χ0) is 29.1. The van der Waals surface area contributed by atoms with Crippen LogP contribution in [-0.2, 0) is 6.54 Å². The van der Waals surface area contributed by atoms with Crippen molar-refractivity contribution in [3.63, 3.8) is 0 Å². The number of nitrogens with zero attached hydrogens (tertiary/aromatic N) is 4. The molecule has 4 aromatic rings. The van der Waals surface area contributed by atoms with E-state index in [4.69, 9.17) is 43.4 Å². The molecule has 1 aliphatic heterocycles. The van der Waals surface area contributed by atoms with Crippen molar-refractivity contribution in [2.75, 3.05) is 58.0 Å². The number of aryl methyl sites for hydroxylation is 2. The number of nitrogen functional groups attached to an aromatic ring is 1. The second-order valence-corrected chi connectivity index (χ2v) is 10.6. The van der Waals surface area contributed by atoms with Crippen molar-refractivity contribution < 1.29 is 9.47 Å². The first-order valence-electron chi connectivity index (χ1n) is 13.4. The molecule has 2 aromatic heterocycles. The van der Waals surface area contributed by atoms with Crippen LogP contribution in [0.15, 0.2) is 41.3 Å². The highest BCUT2D eigenvalue weighted by molar-refractivity contribution is 6.41. The number of hydrogen-bond donors (Lipinski definition) is 3.